The summed E-state index contributed by atoms with van der Waals surface area (Å²) in [6, 6.07) is 0.765. The average Bonchev–Trinajstić information content (AvgIpc) is 2.61. The van der Waals surface area contributed by atoms with Gasteiger partial charge >= 0.3 is 0 Å². The monoisotopic (exact) mass is 241 g/mol. The van der Waals surface area contributed by atoms with Crippen molar-refractivity contribution in [3.63, 3.8) is 0 Å². The third-order valence-corrected chi connectivity index (χ3v) is 3.68. The van der Waals surface area contributed by atoms with E-state index in [0.29, 0.717) is 0 Å². The molecular formula is C15H31NO. The summed E-state index contributed by atoms with van der Waals surface area (Å²) in [5.41, 5.74) is 0. The third kappa shape index (κ3) is 8.62. The Kier molecular flexibility index (Phi) is 9.72. The number of unbranched alkanes of at least 4 members (excludes halogenated alkanes) is 3. The van der Waals surface area contributed by atoms with Gasteiger partial charge in [0, 0.05) is 19.2 Å². The van der Waals surface area contributed by atoms with Gasteiger partial charge in [-0.1, -0.05) is 51.9 Å². The predicted molar refractivity (Wildman–Crippen MR) is 74.5 cm³/mol. The highest BCUT2D eigenvalue weighted by atomic mass is 16.5. The molecule has 0 radical (unpaired) electrons. The first-order chi connectivity index (χ1) is 8.43. The summed E-state index contributed by atoms with van der Waals surface area (Å²) in [4.78, 5) is 0. The molecule has 2 heteroatoms. The van der Waals surface area contributed by atoms with E-state index in [4.69, 9.17) is 4.74 Å². The van der Waals surface area contributed by atoms with Crippen LogP contribution in [0.4, 0.5) is 0 Å². The Morgan fingerprint density at radius 2 is 1.71 bits per heavy atom. The third-order valence-electron chi connectivity index (χ3n) is 3.68. The SMILES string of the molecule is CCCCCCOCCNC1CCCCCC1. The minimum Gasteiger partial charge on any atom is -0.380 e. The van der Waals surface area contributed by atoms with Crippen molar-refractivity contribution in [3.05, 3.63) is 0 Å². The number of hydrogen-bond donors (Lipinski definition) is 1. The average molecular weight is 241 g/mol. The van der Waals surface area contributed by atoms with Crippen LogP contribution in [0, 0.1) is 0 Å². The molecular weight excluding hydrogens is 210 g/mol. The summed E-state index contributed by atoms with van der Waals surface area (Å²) in [6.45, 7) is 5.13. The van der Waals surface area contributed by atoms with E-state index in [1.54, 1.807) is 0 Å². The molecule has 1 rings (SSSR count). The first-order valence-electron chi connectivity index (χ1n) is 7.74. The fraction of sp³-hybridized carbons (Fsp3) is 1.00. The zero-order valence-corrected chi connectivity index (χ0v) is 11.7. The highest BCUT2D eigenvalue weighted by Gasteiger charge is 2.10. The van der Waals surface area contributed by atoms with Gasteiger partial charge in [0.2, 0.25) is 0 Å². The Balaban J connectivity index is 1.82. The van der Waals surface area contributed by atoms with Crippen LogP contribution in [0.5, 0.6) is 0 Å². The van der Waals surface area contributed by atoms with E-state index < -0.39 is 0 Å². The van der Waals surface area contributed by atoms with Gasteiger partial charge in [0.05, 0.1) is 6.61 Å². The number of rotatable bonds is 9. The smallest absolute Gasteiger partial charge is 0.0590 e. The highest BCUT2D eigenvalue weighted by Crippen LogP contribution is 2.16. The second-order valence-electron chi connectivity index (χ2n) is 5.32. The minimum absolute atomic E-state index is 0.765. The number of hydrogen-bond acceptors (Lipinski definition) is 2. The molecule has 0 aromatic rings. The van der Waals surface area contributed by atoms with E-state index in [2.05, 4.69) is 12.2 Å². The number of nitrogens with one attached hydrogen (secondary N) is 1. The van der Waals surface area contributed by atoms with Crippen LogP contribution in [-0.4, -0.2) is 25.8 Å². The van der Waals surface area contributed by atoms with Crippen LogP contribution in [-0.2, 0) is 4.74 Å². The van der Waals surface area contributed by atoms with Crippen molar-refractivity contribution in [2.75, 3.05) is 19.8 Å². The lowest BCUT2D eigenvalue weighted by Gasteiger charge is -2.16. The lowest BCUT2D eigenvalue weighted by atomic mass is 10.1. The van der Waals surface area contributed by atoms with E-state index in [-0.39, 0.29) is 0 Å². The van der Waals surface area contributed by atoms with Gasteiger partial charge in [-0.15, -0.1) is 0 Å². The van der Waals surface area contributed by atoms with E-state index in [1.165, 1.54) is 64.2 Å². The minimum atomic E-state index is 0.765. The van der Waals surface area contributed by atoms with E-state index in [9.17, 15) is 0 Å². The first-order valence-corrected chi connectivity index (χ1v) is 7.74. The molecule has 0 bridgehead atoms. The van der Waals surface area contributed by atoms with Gasteiger partial charge in [0.15, 0.2) is 0 Å². The van der Waals surface area contributed by atoms with Crippen LogP contribution >= 0.6 is 0 Å². The van der Waals surface area contributed by atoms with Crippen LogP contribution in [0.25, 0.3) is 0 Å². The maximum Gasteiger partial charge on any atom is 0.0590 e. The molecule has 102 valence electrons. The molecule has 0 aliphatic heterocycles. The lowest BCUT2D eigenvalue weighted by molar-refractivity contribution is 0.129. The molecule has 0 aromatic carbocycles. The zero-order chi connectivity index (χ0) is 12.2. The van der Waals surface area contributed by atoms with Gasteiger partial charge in [0.1, 0.15) is 0 Å². The second kappa shape index (κ2) is 11.0. The summed E-state index contributed by atoms with van der Waals surface area (Å²) in [7, 11) is 0. The van der Waals surface area contributed by atoms with E-state index >= 15 is 0 Å². The number of ether oxygens (including phenoxy) is 1. The Morgan fingerprint density at radius 3 is 2.41 bits per heavy atom. The van der Waals surface area contributed by atoms with Gasteiger partial charge in [-0.3, -0.25) is 0 Å². The van der Waals surface area contributed by atoms with Gasteiger partial charge in [-0.2, -0.15) is 0 Å². The van der Waals surface area contributed by atoms with Gasteiger partial charge < -0.3 is 10.1 Å². The van der Waals surface area contributed by atoms with Crippen molar-refractivity contribution in [2.45, 2.75) is 77.2 Å². The lowest BCUT2D eigenvalue weighted by Crippen LogP contribution is -2.31. The molecule has 0 saturated heterocycles. The first kappa shape index (κ1) is 15.0. The molecule has 2 nitrogen and oxygen atoms in total. The van der Waals surface area contributed by atoms with Crippen LogP contribution < -0.4 is 5.32 Å². The molecule has 1 aliphatic carbocycles. The van der Waals surface area contributed by atoms with Crippen LogP contribution in [0.1, 0.15) is 71.1 Å². The molecule has 0 unspecified atom stereocenters. The fourth-order valence-electron chi connectivity index (χ4n) is 2.55. The van der Waals surface area contributed by atoms with Crippen molar-refractivity contribution in [3.8, 4) is 0 Å². The second-order valence-corrected chi connectivity index (χ2v) is 5.32. The standard InChI is InChI=1S/C15H31NO/c1-2-3-4-9-13-17-14-12-16-15-10-7-5-6-8-11-15/h15-16H,2-14H2,1H3. The highest BCUT2D eigenvalue weighted by molar-refractivity contribution is 4.70. The summed E-state index contributed by atoms with van der Waals surface area (Å²) < 4.78 is 5.64. The molecule has 0 atom stereocenters. The predicted octanol–water partition coefficient (Wildman–Crippen LogP) is 3.90. The van der Waals surface area contributed by atoms with Crippen molar-refractivity contribution in [1.29, 1.82) is 0 Å². The summed E-state index contributed by atoms with van der Waals surface area (Å²) in [5, 5.41) is 3.64. The Labute approximate surface area is 108 Å². The topological polar surface area (TPSA) is 21.3 Å². The van der Waals surface area contributed by atoms with Crippen molar-refractivity contribution in [2.24, 2.45) is 0 Å². The largest absolute Gasteiger partial charge is 0.380 e. The van der Waals surface area contributed by atoms with Crippen LogP contribution in [0.2, 0.25) is 0 Å². The summed E-state index contributed by atoms with van der Waals surface area (Å²) >= 11 is 0. The van der Waals surface area contributed by atoms with Crippen molar-refractivity contribution < 1.29 is 4.74 Å². The van der Waals surface area contributed by atoms with Gasteiger partial charge in [0.25, 0.3) is 0 Å². The van der Waals surface area contributed by atoms with Crippen molar-refractivity contribution in [1.82, 2.24) is 5.32 Å². The Bertz CT molecular complexity index is 153. The normalized spacial score (nSPS) is 18.2. The molecule has 0 aromatic heterocycles. The van der Waals surface area contributed by atoms with Gasteiger partial charge in [-0.05, 0) is 19.3 Å². The molecule has 17 heavy (non-hydrogen) atoms. The molecule has 1 aliphatic rings. The van der Waals surface area contributed by atoms with Crippen LogP contribution in [0.15, 0.2) is 0 Å². The molecule has 0 amide bonds. The molecule has 0 heterocycles. The maximum atomic E-state index is 5.64. The fourth-order valence-corrected chi connectivity index (χ4v) is 2.55. The molecule has 1 fully saturated rings. The van der Waals surface area contributed by atoms with Crippen LogP contribution in [0.3, 0.4) is 0 Å². The van der Waals surface area contributed by atoms with Gasteiger partial charge in [-0.25, -0.2) is 0 Å². The zero-order valence-electron chi connectivity index (χ0n) is 11.7. The molecule has 1 saturated carbocycles. The Morgan fingerprint density at radius 1 is 0.941 bits per heavy atom. The Hall–Kier alpha value is -0.0800. The molecule has 0 spiro atoms. The summed E-state index contributed by atoms with van der Waals surface area (Å²) in [6.07, 6.45) is 13.7. The molecule has 1 N–H and O–H groups in total. The maximum absolute atomic E-state index is 5.64. The van der Waals surface area contributed by atoms with E-state index in [1.807, 2.05) is 0 Å². The van der Waals surface area contributed by atoms with Crippen molar-refractivity contribution >= 4 is 0 Å². The quantitative estimate of drug-likeness (QED) is 0.488. The van der Waals surface area contributed by atoms with E-state index in [0.717, 1.165) is 25.8 Å². The summed E-state index contributed by atoms with van der Waals surface area (Å²) in [5.74, 6) is 0.